The topological polar surface area (TPSA) is 108 Å². The number of aromatic hydroxyl groups is 1. The van der Waals surface area contributed by atoms with E-state index >= 15 is 0 Å². The van der Waals surface area contributed by atoms with E-state index in [1.54, 1.807) is 0 Å². The monoisotopic (exact) mass is 334 g/mol. The molecule has 3 N–H and O–H groups in total. The third-order valence-corrected chi connectivity index (χ3v) is 4.41. The summed E-state index contributed by atoms with van der Waals surface area (Å²) in [7, 11) is 0. The molecule has 0 saturated heterocycles. The molecule has 0 spiro atoms. The van der Waals surface area contributed by atoms with Crippen LogP contribution in [-0.2, 0) is 4.79 Å². The molecule has 0 aliphatic heterocycles. The average Bonchev–Trinajstić information content (AvgIpc) is 2.86. The molecule has 2 aromatic heterocycles. The van der Waals surface area contributed by atoms with Gasteiger partial charge in [-0.15, -0.1) is 0 Å². The average molecular weight is 334 g/mol. The van der Waals surface area contributed by atoms with Gasteiger partial charge in [-0.3, -0.25) is 9.59 Å². The molecule has 0 aliphatic rings. The second-order valence-corrected chi connectivity index (χ2v) is 6.23. The fraction of sp³-hybridized carbons (Fsp3) is 0.0769. The van der Waals surface area contributed by atoms with Crippen LogP contribution in [0.25, 0.3) is 10.2 Å². The summed E-state index contributed by atoms with van der Waals surface area (Å²) in [5, 5.41) is 12.6. The number of aromatic amines is 1. The van der Waals surface area contributed by atoms with Gasteiger partial charge in [-0.05, 0) is 12.1 Å². The highest BCUT2D eigenvalue weighted by molar-refractivity contribution is 7.99. The Morgan fingerprint density at radius 2 is 2.18 bits per heavy atom. The standard InChI is InChI=1S/C13H10N4O3S2/c18-9-5-10(19)16-12(15-9)21-6-11(20)17-13-14-7-3-1-2-4-8(7)22-13/h1-5H,6H2,(H,14,17,20)(H2,15,16,18,19). The molecule has 0 saturated carbocycles. The molecular formula is C13H10N4O3S2. The number of hydrogen-bond donors (Lipinski definition) is 3. The van der Waals surface area contributed by atoms with E-state index in [4.69, 9.17) is 0 Å². The van der Waals surface area contributed by atoms with E-state index in [1.807, 2.05) is 24.3 Å². The van der Waals surface area contributed by atoms with Crippen molar-refractivity contribution >= 4 is 44.4 Å². The Morgan fingerprint density at radius 1 is 1.36 bits per heavy atom. The van der Waals surface area contributed by atoms with Crippen molar-refractivity contribution in [3.8, 4) is 5.88 Å². The number of carbonyl (C=O) groups is 1. The van der Waals surface area contributed by atoms with Crippen molar-refractivity contribution in [1.82, 2.24) is 15.0 Å². The molecule has 0 radical (unpaired) electrons. The summed E-state index contributed by atoms with van der Waals surface area (Å²) in [4.78, 5) is 33.5. The lowest BCUT2D eigenvalue weighted by Crippen LogP contribution is -2.15. The molecule has 3 rings (SSSR count). The van der Waals surface area contributed by atoms with Gasteiger partial charge in [0.15, 0.2) is 10.3 Å². The highest BCUT2D eigenvalue weighted by Gasteiger charge is 2.09. The molecule has 9 heteroatoms. The lowest BCUT2D eigenvalue weighted by Gasteiger charge is -2.01. The van der Waals surface area contributed by atoms with Crippen LogP contribution in [0.4, 0.5) is 5.13 Å². The first kappa shape index (κ1) is 14.5. The number of rotatable bonds is 4. The van der Waals surface area contributed by atoms with Crippen LogP contribution in [-0.4, -0.2) is 31.7 Å². The van der Waals surface area contributed by atoms with Crippen LogP contribution in [0.3, 0.4) is 0 Å². The lowest BCUT2D eigenvalue weighted by atomic mass is 10.3. The number of thiazole rings is 1. The van der Waals surface area contributed by atoms with E-state index < -0.39 is 5.56 Å². The summed E-state index contributed by atoms with van der Waals surface area (Å²) in [6, 6.07) is 8.56. The summed E-state index contributed by atoms with van der Waals surface area (Å²) < 4.78 is 0.990. The first-order chi connectivity index (χ1) is 10.6. The van der Waals surface area contributed by atoms with Crippen molar-refractivity contribution in [3.63, 3.8) is 0 Å². The summed E-state index contributed by atoms with van der Waals surface area (Å²) in [6.07, 6.45) is 0. The number of fused-ring (bicyclic) bond motifs is 1. The molecule has 0 bridgehead atoms. The largest absolute Gasteiger partial charge is 0.493 e. The van der Waals surface area contributed by atoms with Crippen LogP contribution in [0.5, 0.6) is 5.88 Å². The second-order valence-electron chi connectivity index (χ2n) is 4.23. The number of para-hydroxylation sites is 1. The molecule has 0 atom stereocenters. The second kappa shape index (κ2) is 6.16. The zero-order valence-corrected chi connectivity index (χ0v) is 12.7. The predicted octanol–water partition coefficient (Wildman–Crippen LogP) is 1.82. The van der Waals surface area contributed by atoms with E-state index in [0.717, 1.165) is 28.0 Å². The summed E-state index contributed by atoms with van der Waals surface area (Å²) in [5.41, 5.74) is 0.357. The van der Waals surface area contributed by atoms with Crippen LogP contribution in [0, 0.1) is 0 Å². The molecule has 22 heavy (non-hydrogen) atoms. The zero-order valence-electron chi connectivity index (χ0n) is 11.1. The Labute approximate surface area is 132 Å². The number of amides is 1. The minimum absolute atomic E-state index is 0.0440. The highest BCUT2D eigenvalue weighted by atomic mass is 32.2. The maximum atomic E-state index is 11.9. The van der Waals surface area contributed by atoms with Gasteiger partial charge in [0, 0.05) is 0 Å². The van der Waals surface area contributed by atoms with Crippen LogP contribution in [0.2, 0.25) is 0 Å². The van der Waals surface area contributed by atoms with Crippen molar-refractivity contribution < 1.29 is 9.90 Å². The fourth-order valence-electron chi connectivity index (χ4n) is 1.71. The quantitative estimate of drug-likeness (QED) is 0.496. The number of aromatic nitrogens is 3. The first-order valence-electron chi connectivity index (χ1n) is 6.19. The summed E-state index contributed by atoms with van der Waals surface area (Å²) >= 11 is 2.41. The van der Waals surface area contributed by atoms with Crippen molar-refractivity contribution in [2.45, 2.75) is 5.16 Å². The zero-order chi connectivity index (χ0) is 15.5. The molecule has 0 aliphatic carbocycles. The molecule has 0 fully saturated rings. The number of H-pyrrole nitrogens is 1. The van der Waals surface area contributed by atoms with Crippen molar-refractivity contribution in [2.75, 3.05) is 11.1 Å². The van der Waals surface area contributed by atoms with Crippen molar-refractivity contribution in [1.29, 1.82) is 0 Å². The van der Waals surface area contributed by atoms with Gasteiger partial charge in [0.05, 0.1) is 22.0 Å². The van der Waals surface area contributed by atoms with Crippen LogP contribution >= 0.6 is 23.1 Å². The summed E-state index contributed by atoms with van der Waals surface area (Å²) in [5.74, 6) is -0.602. The van der Waals surface area contributed by atoms with Gasteiger partial charge in [-0.25, -0.2) is 4.98 Å². The molecule has 112 valence electrons. The fourth-order valence-corrected chi connectivity index (χ4v) is 3.26. The molecule has 7 nitrogen and oxygen atoms in total. The number of anilines is 1. The normalized spacial score (nSPS) is 10.7. The Balaban J connectivity index is 1.63. The van der Waals surface area contributed by atoms with Crippen LogP contribution in [0.1, 0.15) is 0 Å². The van der Waals surface area contributed by atoms with Crippen molar-refractivity contribution in [2.24, 2.45) is 0 Å². The number of nitrogens with one attached hydrogen (secondary N) is 2. The van der Waals surface area contributed by atoms with Gasteiger partial charge in [0.25, 0.3) is 5.56 Å². The maximum absolute atomic E-state index is 11.9. The molecule has 1 aromatic carbocycles. The molecule has 1 amide bonds. The predicted molar refractivity (Wildman–Crippen MR) is 85.5 cm³/mol. The van der Waals surface area contributed by atoms with E-state index in [2.05, 4.69) is 20.3 Å². The third kappa shape index (κ3) is 3.43. The smallest absolute Gasteiger partial charge is 0.255 e. The van der Waals surface area contributed by atoms with E-state index in [1.165, 1.54) is 11.3 Å². The maximum Gasteiger partial charge on any atom is 0.255 e. The van der Waals surface area contributed by atoms with Crippen molar-refractivity contribution in [3.05, 3.63) is 40.7 Å². The Bertz CT molecular complexity index is 857. The van der Waals surface area contributed by atoms with Gasteiger partial charge in [-0.2, -0.15) is 4.98 Å². The Morgan fingerprint density at radius 3 is 2.95 bits per heavy atom. The van der Waals surface area contributed by atoms with Crippen LogP contribution < -0.4 is 10.9 Å². The van der Waals surface area contributed by atoms with Gasteiger partial charge in [0.2, 0.25) is 11.8 Å². The number of benzene rings is 1. The van der Waals surface area contributed by atoms with Gasteiger partial charge in [-0.1, -0.05) is 35.2 Å². The third-order valence-electron chi connectivity index (χ3n) is 2.59. The first-order valence-corrected chi connectivity index (χ1v) is 7.99. The van der Waals surface area contributed by atoms with Gasteiger partial charge in [0.1, 0.15) is 0 Å². The minimum Gasteiger partial charge on any atom is -0.493 e. The van der Waals surface area contributed by atoms with Crippen LogP contribution in [0.15, 0.2) is 40.3 Å². The van der Waals surface area contributed by atoms with Gasteiger partial charge >= 0.3 is 0 Å². The lowest BCUT2D eigenvalue weighted by molar-refractivity contribution is -0.113. The van der Waals surface area contributed by atoms with E-state index in [0.29, 0.717) is 5.13 Å². The number of hydrogen-bond acceptors (Lipinski definition) is 7. The number of carbonyl (C=O) groups excluding carboxylic acids is 1. The number of thioether (sulfide) groups is 1. The minimum atomic E-state index is -0.471. The van der Waals surface area contributed by atoms with E-state index in [-0.39, 0.29) is 22.7 Å². The Hall–Kier alpha value is -2.39. The molecular weight excluding hydrogens is 324 g/mol. The molecule has 3 aromatic rings. The molecule has 2 heterocycles. The SMILES string of the molecule is O=C(CSc1nc(O)cc(=O)[nH]1)Nc1nc2ccccc2s1. The van der Waals surface area contributed by atoms with E-state index in [9.17, 15) is 14.7 Å². The Kier molecular flexibility index (Phi) is 4.07. The summed E-state index contributed by atoms with van der Waals surface area (Å²) in [6.45, 7) is 0. The van der Waals surface area contributed by atoms with Gasteiger partial charge < -0.3 is 15.4 Å². The highest BCUT2D eigenvalue weighted by Crippen LogP contribution is 2.25. The molecule has 0 unspecified atom stereocenters. The number of nitrogens with zero attached hydrogens (tertiary/aromatic N) is 2.